The molecule has 1 atom stereocenters. The van der Waals surface area contributed by atoms with Crippen LogP contribution in [0.15, 0.2) is 24.3 Å². The molecular formula is C18H26N2S. The highest BCUT2D eigenvalue weighted by atomic mass is 32.1. The lowest BCUT2D eigenvalue weighted by Gasteiger charge is -2.21. The van der Waals surface area contributed by atoms with Crippen LogP contribution >= 0.6 is 11.3 Å². The summed E-state index contributed by atoms with van der Waals surface area (Å²) in [5, 5.41) is 5.05. The summed E-state index contributed by atoms with van der Waals surface area (Å²) < 4.78 is 1.32. The molecule has 21 heavy (non-hydrogen) atoms. The lowest BCUT2D eigenvalue weighted by Crippen LogP contribution is -2.33. The number of benzene rings is 1. The van der Waals surface area contributed by atoms with Crippen LogP contribution in [0.1, 0.15) is 50.5 Å². The fourth-order valence-electron chi connectivity index (χ4n) is 3.45. The summed E-state index contributed by atoms with van der Waals surface area (Å²) in [6, 6.07) is 9.10. The van der Waals surface area contributed by atoms with Crippen LogP contribution in [0.2, 0.25) is 0 Å². The van der Waals surface area contributed by atoms with Crippen molar-refractivity contribution in [2.45, 2.75) is 57.9 Å². The molecule has 3 rings (SSSR count). The molecule has 1 N–H and O–H groups in total. The van der Waals surface area contributed by atoms with E-state index in [4.69, 9.17) is 4.98 Å². The van der Waals surface area contributed by atoms with Crippen molar-refractivity contribution in [3.63, 3.8) is 0 Å². The molecule has 3 heteroatoms. The Labute approximate surface area is 132 Å². The first-order chi connectivity index (χ1) is 10.3. The molecule has 0 aliphatic heterocycles. The van der Waals surface area contributed by atoms with E-state index in [-0.39, 0.29) is 0 Å². The van der Waals surface area contributed by atoms with Crippen LogP contribution in [-0.4, -0.2) is 17.6 Å². The number of nitrogens with zero attached hydrogens (tertiary/aromatic N) is 1. The van der Waals surface area contributed by atoms with Crippen molar-refractivity contribution >= 4 is 21.6 Å². The maximum absolute atomic E-state index is 4.81. The van der Waals surface area contributed by atoms with Gasteiger partial charge in [0.05, 0.1) is 15.2 Å². The summed E-state index contributed by atoms with van der Waals surface area (Å²) in [6.45, 7) is 3.37. The minimum absolute atomic E-state index is 0.605. The molecule has 1 heterocycles. The molecule has 1 aliphatic rings. The summed E-state index contributed by atoms with van der Waals surface area (Å²) in [7, 11) is 0. The standard InChI is InChI=1S/C18H26N2S/c1-2-11-19-15(12-14-7-3-4-8-14)13-18-20-16-9-5-6-10-17(16)21-18/h5-6,9-10,14-15,19H,2-4,7-8,11-13H2,1H3. The van der Waals surface area contributed by atoms with E-state index >= 15 is 0 Å². The van der Waals surface area contributed by atoms with Gasteiger partial charge in [-0.25, -0.2) is 4.98 Å². The van der Waals surface area contributed by atoms with Gasteiger partial charge >= 0.3 is 0 Å². The number of rotatable bonds is 7. The molecule has 0 spiro atoms. The number of hydrogen-bond acceptors (Lipinski definition) is 3. The Bertz CT molecular complexity index is 524. The quantitative estimate of drug-likeness (QED) is 0.795. The van der Waals surface area contributed by atoms with Crippen molar-refractivity contribution in [1.29, 1.82) is 0 Å². The lowest BCUT2D eigenvalue weighted by atomic mass is 9.96. The van der Waals surface area contributed by atoms with Gasteiger partial charge in [-0.15, -0.1) is 11.3 Å². The van der Waals surface area contributed by atoms with E-state index in [0.717, 1.165) is 24.4 Å². The second kappa shape index (κ2) is 7.37. The molecule has 0 bridgehead atoms. The van der Waals surface area contributed by atoms with Crippen LogP contribution in [0.4, 0.5) is 0 Å². The molecule has 114 valence electrons. The highest BCUT2D eigenvalue weighted by molar-refractivity contribution is 7.18. The molecule has 1 saturated carbocycles. The number of hydrogen-bond donors (Lipinski definition) is 1. The first-order valence-electron chi connectivity index (χ1n) is 8.43. The minimum atomic E-state index is 0.605. The zero-order chi connectivity index (χ0) is 14.5. The zero-order valence-corrected chi connectivity index (χ0v) is 13.8. The molecule has 0 saturated heterocycles. The van der Waals surface area contributed by atoms with Crippen molar-refractivity contribution in [2.24, 2.45) is 5.92 Å². The number of aromatic nitrogens is 1. The fourth-order valence-corrected chi connectivity index (χ4v) is 4.50. The smallest absolute Gasteiger partial charge is 0.0954 e. The van der Waals surface area contributed by atoms with Crippen molar-refractivity contribution in [3.05, 3.63) is 29.3 Å². The minimum Gasteiger partial charge on any atom is -0.314 e. The molecule has 0 radical (unpaired) electrons. The van der Waals surface area contributed by atoms with Crippen molar-refractivity contribution in [1.82, 2.24) is 10.3 Å². The predicted octanol–water partition coefficient (Wildman–Crippen LogP) is 4.79. The van der Waals surface area contributed by atoms with Crippen LogP contribution in [0.5, 0.6) is 0 Å². The molecule has 2 aromatic rings. The van der Waals surface area contributed by atoms with Crippen LogP contribution in [0, 0.1) is 5.92 Å². The number of thiazole rings is 1. The van der Waals surface area contributed by atoms with E-state index in [0.29, 0.717) is 6.04 Å². The van der Waals surface area contributed by atoms with Crippen molar-refractivity contribution in [3.8, 4) is 0 Å². The first kappa shape index (κ1) is 15.0. The van der Waals surface area contributed by atoms with Crippen LogP contribution in [0.25, 0.3) is 10.2 Å². The Balaban J connectivity index is 1.66. The van der Waals surface area contributed by atoms with Crippen molar-refractivity contribution < 1.29 is 0 Å². The second-order valence-corrected chi connectivity index (χ2v) is 7.43. The van der Waals surface area contributed by atoms with Gasteiger partial charge in [-0.1, -0.05) is 44.7 Å². The van der Waals surface area contributed by atoms with Gasteiger partial charge in [0, 0.05) is 12.5 Å². The second-order valence-electron chi connectivity index (χ2n) is 6.32. The van der Waals surface area contributed by atoms with Gasteiger partial charge in [0.2, 0.25) is 0 Å². The topological polar surface area (TPSA) is 24.9 Å². The number of para-hydroxylation sites is 1. The monoisotopic (exact) mass is 302 g/mol. The van der Waals surface area contributed by atoms with Gasteiger partial charge in [-0.05, 0) is 37.4 Å². The largest absolute Gasteiger partial charge is 0.314 e. The SMILES string of the molecule is CCCNC(Cc1nc2ccccc2s1)CC1CCCC1. The molecule has 1 aromatic carbocycles. The lowest BCUT2D eigenvalue weighted by molar-refractivity contribution is 0.385. The van der Waals surface area contributed by atoms with Gasteiger partial charge < -0.3 is 5.32 Å². The molecule has 1 aromatic heterocycles. The van der Waals surface area contributed by atoms with Crippen LogP contribution < -0.4 is 5.32 Å². The van der Waals surface area contributed by atoms with Gasteiger partial charge in [0.1, 0.15) is 0 Å². The van der Waals surface area contributed by atoms with Gasteiger partial charge in [-0.3, -0.25) is 0 Å². The van der Waals surface area contributed by atoms with Crippen LogP contribution in [-0.2, 0) is 6.42 Å². The van der Waals surface area contributed by atoms with Gasteiger partial charge in [0.25, 0.3) is 0 Å². The molecule has 1 unspecified atom stereocenters. The summed E-state index contributed by atoms with van der Waals surface area (Å²) >= 11 is 1.87. The van der Waals surface area contributed by atoms with Gasteiger partial charge in [-0.2, -0.15) is 0 Å². The summed E-state index contributed by atoms with van der Waals surface area (Å²) in [5.41, 5.74) is 1.16. The maximum Gasteiger partial charge on any atom is 0.0954 e. The molecular weight excluding hydrogens is 276 g/mol. The first-order valence-corrected chi connectivity index (χ1v) is 9.24. The summed E-state index contributed by atoms with van der Waals surface area (Å²) in [5.74, 6) is 0.939. The number of nitrogens with one attached hydrogen (secondary N) is 1. The summed E-state index contributed by atoms with van der Waals surface area (Å²) in [4.78, 5) is 4.81. The van der Waals surface area contributed by atoms with Crippen molar-refractivity contribution in [2.75, 3.05) is 6.54 Å². The Kier molecular flexibility index (Phi) is 5.26. The van der Waals surface area contributed by atoms with E-state index in [1.165, 1.54) is 48.2 Å². The average molecular weight is 302 g/mol. The fraction of sp³-hybridized carbons (Fsp3) is 0.611. The zero-order valence-electron chi connectivity index (χ0n) is 13.0. The number of fused-ring (bicyclic) bond motifs is 1. The third kappa shape index (κ3) is 4.04. The third-order valence-electron chi connectivity index (χ3n) is 4.53. The highest BCUT2D eigenvalue weighted by Crippen LogP contribution is 2.30. The Morgan fingerprint density at radius 3 is 2.86 bits per heavy atom. The Hall–Kier alpha value is -0.930. The molecule has 2 nitrogen and oxygen atoms in total. The van der Waals surface area contributed by atoms with E-state index in [1.807, 2.05) is 11.3 Å². The summed E-state index contributed by atoms with van der Waals surface area (Å²) in [6.07, 6.45) is 9.37. The molecule has 1 fully saturated rings. The highest BCUT2D eigenvalue weighted by Gasteiger charge is 2.21. The normalized spacial score (nSPS) is 17.6. The molecule has 1 aliphatic carbocycles. The average Bonchev–Trinajstić information content (AvgIpc) is 3.13. The van der Waals surface area contributed by atoms with E-state index in [2.05, 4.69) is 36.5 Å². The molecule has 0 amide bonds. The van der Waals surface area contributed by atoms with E-state index in [1.54, 1.807) is 0 Å². The van der Waals surface area contributed by atoms with Crippen LogP contribution in [0.3, 0.4) is 0 Å². The van der Waals surface area contributed by atoms with Gasteiger partial charge in [0.15, 0.2) is 0 Å². The third-order valence-corrected chi connectivity index (χ3v) is 5.59. The maximum atomic E-state index is 4.81. The Morgan fingerprint density at radius 1 is 1.29 bits per heavy atom. The predicted molar refractivity (Wildman–Crippen MR) is 92.0 cm³/mol. The van der Waals surface area contributed by atoms with E-state index < -0.39 is 0 Å². The van der Waals surface area contributed by atoms with E-state index in [9.17, 15) is 0 Å². The Morgan fingerprint density at radius 2 is 2.10 bits per heavy atom.